The largest absolute Gasteiger partial charge is 0.416 e. The monoisotopic (exact) mass is 409 g/mol. The molecule has 0 aliphatic rings. The molecule has 0 aliphatic heterocycles. The minimum atomic E-state index is -4.64. The number of carbonyl (C=O) groups is 1. The van der Waals surface area contributed by atoms with Gasteiger partial charge in [0.2, 0.25) is 0 Å². The quantitative estimate of drug-likeness (QED) is 0.566. The van der Waals surface area contributed by atoms with Gasteiger partial charge in [-0.25, -0.2) is 4.39 Å². The van der Waals surface area contributed by atoms with Crippen LogP contribution in [0.1, 0.15) is 15.9 Å². The molecule has 0 fully saturated rings. The van der Waals surface area contributed by atoms with Crippen LogP contribution >= 0.6 is 22.6 Å². The van der Waals surface area contributed by atoms with Gasteiger partial charge in [-0.2, -0.15) is 13.2 Å². The first-order valence-electron chi connectivity index (χ1n) is 5.71. The Morgan fingerprint density at radius 2 is 1.76 bits per heavy atom. The molecule has 110 valence electrons. The number of anilines is 1. The number of para-hydroxylation sites is 1. The van der Waals surface area contributed by atoms with Gasteiger partial charge in [0.05, 0.1) is 16.8 Å². The highest BCUT2D eigenvalue weighted by Crippen LogP contribution is 2.30. The summed E-state index contributed by atoms with van der Waals surface area (Å²) in [6.07, 6.45) is -4.64. The number of alkyl halides is 3. The predicted molar refractivity (Wildman–Crippen MR) is 78.5 cm³/mol. The summed E-state index contributed by atoms with van der Waals surface area (Å²) in [5, 5.41) is 2.39. The molecule has 0 aromatic heterocycles. The fourth-order valence-electron chi connectivity index (χ4n) is 1.63. The molecule has 2 aromatic rings. The van der Waals surface area contributed by atoms with Crippen LogP contribution in [0.15, 0.2) is 42.5 Å². The Hall–Kier alpha value is -1.64. The highest BCUT2D eigenvalue weighted by atomic mass is 127. The van der Waals surface area contributed by atoms with Gasteiger partial charge in [0, 0.05) is 3.57 Å². The SMILES string of the molecule is O=C(Nc1ccccc1I)c1cc(C(F)(F)F)ccc1F. The van der Waals surface area contributed by atoms with Crippen LogP contribution in [0.25, 0.3) is 0 Å². The van der Waals surface area contributed by atoms with Gasteiger partial charge in [-0.05, 0) is 52.9 Å². The van der Waals surface area contributed by atoms with Crippen LogP contribution in [0.5, 0.6) is 0 Å². The number of carbonyl (C=O) groups excluding carboxylic acids is 1. The second-order valence-electron chi connectivity index (χ2n) is 4.13. The van der Waals surface area contributed by atoms with Crippen LogP contribution in [0.3, 0.4) is 0 Å². The zero-order valence-electron chi connectivity index (χ0n) is 10.3. The summed E-state index contributed by atoms with van der Waals surface area (Å²) >= 11 is 1.95. The van der Waals surface area contributed by atoms with Gasteiger partial charge in [-0.1, -0.05) is 12.1 Å². The molecular weight excluding hydrogens is 401 g/mol. The molecule has 0 unspecified atom stereocenters. The van der Waals surface area contributed by atoms with E-state index in [9.17, 15) is 22.4 Å². The molecule has 1 N–H and O–H groups in total. The number of halogens is 5. The molecule has 0 atom stereocenters. The minimum absolute atomic E-state index is 0.403. The summed E-state index contributed by atoms with van der Waals surface area (Å²) in [4.78, 5) is 11.9. The lowest BCUT2D eigenvalue weighted by molar-refractivity contribution is -0.137. The first kappa shape index (κ1) is 15.7. The molecule has 21 heavy (non-hydrogen) atoms. The van der Waals surface area contributed by atoms with Crippen molar-refractivity contribution < 1.29 is 22.4 Å². The average molecular weight is 409 g/mol. The molecule has 0 heterocycles. The van der Waals surface area contributed by atoms with Gasteiger partial charge >= 0.3 is 6.18 Å². The smallest absolute Gasteiger partial charge is 0.321 e. The van der Waals surface area contributed by atoms with Crippen molar-refractivity contribution in [1.82, 2.24) is 0 Å². The maximum Gasteiger partial charge on any atom is 0.416 e. The lowest BCUT2D eigenvalue weighted by atomic mass is 10.1. The highest BCUT2D eigenvalue weighted by molar-refractivity contribution is 14.1. The zero-order valence-corrected chi connectivity index (χ0v) is 12.5. The number of hydrogen-bond donors (Lipinski definition) is 1. The number of amides is 1. The fraction of sp³-hybridized carbons (Fsp3) is 0.0714. The second-order valence-corrected chi connectivity index (χ2v) is 5.29. The van der Waals surface area contributed by atoms with E-state index in [4.69, 9.17) is 0 Å². The van der Waals surface area contributed by atoms with Crippen LogP contribution < -0.4 is 5.32 Å². The van der Waals surface area contributed by atoms with E-state index in [2.05, 4.69) is 5.32 Å². The topological polar surface area (TPSA) is 29.1 Å². The van der Waals surface area contributed by atoms with Crippen LogP contribution in [0.4, 0.5) is 23.2 Å². The maximum atomic E-state index is 13.6. The van der Waals surface area contributed by atoms with Gasteiger partial charge < -0.3 is 5.32 Å². The molecule has 2 rings (SSSR count). The van der Waals surface area contributed by atoms with Crippen LogP contribution in [-0.4, -0.2) is 5.91 Å². The van der Waals surface area contributed by atoms with Crippen LogP contribution in [-0.2, 0) is 6.18 Å². The molecule has 2 nitrogen and oxygen atoms in total. The van der Waals surface area contributed by atoms with Crippen molar-refractivity contribution in [3.63, 3.8) is 0 Å². The summed E-state index contributed by atoms with van der Waals surface area (Å²) in [6, 6.07) is 8.40. The predicted octanol–water partition coefficient (Wildman–Crippen LogP) is 4.70. The van der Waals surface area contributed by atoms with E-state index < -0.39 is 29.0 Å². The van der Waals surface area contributed by atoms with Crippen LogP contribution in [0.2, 0.25) is 0 Å². The second kappa shape index (κ2) is 6.00. The third-order valence-corrected chi connectivity index (χ3v) is 3.60. The Kier molecular flexibility index (Phi) is 4.50. The van der Waals surface area contributed by atoms with Crippen LogP contribution in [0, 0.1) is 9.39 Å². The molecule has 0 bridgehead atoms. The number of benzene rings is 2. The van der Waals surface area contributed by atoms with Crippen molar-refractivity contribution in [1.29, 1.82) is 0 Å². The first-order valence-corrected chi connectivity index (χ1v) is 6.79. The minimum Gasteiger partial charge on any atom is -0.321 e. The normalized spacial score (nSPS) is 11.3. The van der Waals surface area contributed by atoms with E-state index in [1.165, 1.54) is 0 Å². The third-order valence-electron chi connectivity index (χ3n) is 2.66. The van der Waals surface area contributed by atoms with Crippen molar-refractivity contribution >= 4 is 34.2 Å². The van der Waals surface area contributed by atoms with Crippen molar-refractivity contribution in [2.24, 2.45) is 0 Å². The van der Waals surface area contributed by atoms with E-state index in [1.54, 1.807) is 24.3 Å². The summed E-state index contributed by atoms with van der Waals surface area (Å²) in [5.74, 6) is -1.94. The molecule has 2 aromatic carbocycles. The molecule has 0 aliphatic carbocycles. The Bertz CT molecular complexity index is 685. The molecule has 7 heteroatoms. The van der Waals surface area contributed by atoms with Gasteiger partial charge in [0.1, 0.15) is 5.82 Å². The van der Waals surface area contributed by atoms with Gasteiger partial charge in [-0.15, -0.1) is 0 Å². The van der Waals surface area contributed by atoms with Crippen molar-refractivity contribution in [2.45, 2.75) is 6.18 Å². The van der Waals surface area contributed by atoms with E-state index >= 15 is 0 Å². The Labute approximate surface area is 131 Å². The lowest BCUT2D eigenvalue weighted by Gasteiger charge is -2.11. The summed E-state index contributed by atoms with van der Waals surface area (Å²) in [5.41, 5.74) is -1.32. The third kappa shape index (κ3) is 3.72. The van der Waals surface area contributed by atoms with E-state index in [-0.39, 0.29) is 0 Å². The van der Waals surface area contributed by atoms with Gasteiger partial charge in [0.15, 0.2) is 0 Å². The maximum absolute atomic E-state index is 13.6. The summed E-state index contributed by atoms with van der Waals surface area (Å²) in [6.45, 7) is 0. The zero-order chi connectivity index (χ0) is 15.6. The van der Waals surface area contributed by atoms with Crippen molar-refractivity contribution in [3.05, 3.63) is 63.0 Å². The molecule has 0 spiro atoms. The fourth-order valence-corrected chi connectivity index (χ4v) is 2.15. The Balaban J connectivity index is 2.33. The molecule has 0 saturated heterocycles. The Morgan fingerprint density at radius 1 is 1.10 bits per heavy atom. The lowest BCUT2D eigenvalue weighted by Crippen LogP contribution is -2.16. The standard InChI is InChI=1S/C14H8F4INO/c15-10-6-5-8(14(16,17)18)7-9(10)13(21)20-12-4-2-1-3-11(12)19/h1-7H,(H,20,21). The van der Waals surface area contributed by atoms with E-state index in [0.29, 0.717) is 27.5 Å². The highest BCUT2D eigenvalue weighted by Gasteiger charge is 2.32. The van der Waals surface area contributed by atoms with Crippen molar-refractivity contribution in [3.8, 4) is 0 Å². The summed E-state index contributed by atoms with van der Waals surface area (Å²) in [7, 11) is 0. The van der Waals surface area contributed by atoms with E-state index in [0.717, 1.165) is 0 Å². The Morgan fingerprint density at radius 3 is 2.38 bits per heavy atom. The summed E-state index contributed by atoms with van der Waals surface area (Å²) < 4.78 is 52.1. The number of rotatable bonds is 2. The van der Waals surface area contributed by atoms with Gasteiger partial charge in [0.25, 0.3) is 5.91 Å². The molecular formula is C14H8F4INO. The molecule has 0 saturated carbocycles. The average Bonchev–Trinajstić information content (AvgIpc) is 2.40. The van der Waals surface area contributed by atoms with Crippen molar-refractivity contribution in [2.75, 3.05) is 5.32 Å². The number of nitrogens with one attached hydrogen (secondary N) is 1. The first-order chi connectivity index (χ1) is 9.79. The van der Waals surface area contributed by atoms with E-state index in [1.807, 2.05) is 22.6 Å². The molecule has 0 radical (unpaired) electrons. The molecule has 1 amide bonds. The number of hydrogen-bond acceptors (Lipinski definition) is 1. The van der Waals surface area contributed by atoms with Gasteiger partial charge in [-0.3, -0.25) is 4.79 Å².